The third-order valence-corrected chi connectivity index (χ3v) is 5.25. The molecule has 0 radical (unpaired) electrons. The van der Waals surface area contributed by atoms with E-state index in [0.717, 1.165) is 5.70 Å². The summed E-state index contributed by atoms with van der Waals surface area (Å²) >= 11 is 0. The van der Waals surface area contributed by atoms with Gasteiger partial charge in [-0.25, -0.2) is 13.8 Å². The lowest BCUT2D eigenvalue weighted by molar-refractivity contribution is 0.0978. The molecule has 9 heteroatoms. The van der Waals surface area contributed by atoms with Crippen LogP contribution in [0.4, 0.5) is 8.78 Å². The van der Waals surface area contributed by atoms with Crippen molar-refractivity contribution < 1.29 is 18.3 Å². The zero-order valence-electron chi connectivity index (χ0n) is 18.7. The number of likely N-dealkylation sites (N-methyl/N-ethyl adjacent to an activating group) is 1. The summed E-state index contributed by atoms with van der Waals surface area (Å²) in [5, 5.41) is 2.80. The third kappa shape index (κ3) is 4.31. The molecular weight excluding hydrogens is 428 g/mol. The van der Waals surface area contributed by atoms with Gasteiger partial charge in [0.05, 0.1) is 29.5 Å². The van der Waals surface area contributed by atoms with Crippen LogP contribution < -0.4 is 10.1 Å². The van der Waals surface area contributed by atoms with Crippen LogP contribution in [0.15, 0.2) is 47.4 Å². The van der Waals surface area contributed by atoms with Gasteiger partial charge in [0.25, 0.3) is 5.91 Å². The van der Waals surface area contributed by atoms with Crippen LogP contribution in [-0.4, -0.2) is 54.4 Å². The zero-order chi connectivity index (χ0) is 23.7. The summed E-state index contributed by atoms with van der Waals surface area (Å²) in [6.07, 6.45) is 5.30. The molecule has 33 heavy (non-hydrogen) atoms. The van der Waals surface area contributed by atoms with E-state index < -0.39 is 17.5 Å². The first-order chi connectivity index (χ1) is 15.8. The highest BCUT2D eigenvalue weighted by molar-refractivity contribution is 6.14. The number of nitrogens with zero attached hydrogens (tertiary/aromatic N) is 4. The van der Waals surface area contributed by atoms with Crippen LogP contribution in [0.5, 0.6) is 5.75 Å². The molecule has 0 bridgehead atoms. The van der Waals surface area contributed by atoms with Gasteiger partial charge in [-0.1, -0.05) is 12.1 Å². The highest BCUT2D eigenvalue weighted by Gasteiger charge is 2.24. The van der Waals surface area contributed by atoms with Gasteiger partial charge in [0, 0.05) is 30.9 Å². The Balaban J connectivity index is 1.75. The molecule has 1 aromatic heterocycles. The van der Waals surface area contributed by atoms with Gasteiger partial charge in [-0.2, -0.15) is 0 Å². The van der Waals surface area contributed by atoms with Crippen LogP contribution in [0.25, 0.3) is 22.2 Å². The van der Waals surface area contributed by atoms with Gasteiger partial charge in [0.15, 0.2) is 11.6 Å². The highest BCUT2D eigenvalue weighted by Crippen LogP contribution is 2.37. The second-order valence-corrected chi connectivity index (χ2v) is 7.96. The molecule has 1 N–H and O–H groups in total. The molecule has 2 aromatic carbocycles. The first kappa shape index (κ1) is 22.5. The summed E-state index contributed by atoms with van der Waals surface area (Å²) in [5.74, 6) is -1.54. The molecule has 0 spiro atoms. The Labute approximate surface area is 189 Å². The SMILES string of the molecule is COc1cc(C)c(F)c(-c2ccc(C(=O)NC3=NC(CN(C)C)=CC3)c3nccnc23)c1F. The zero-order valence-corrected chi connectivity index (χ0v) is 18.7. The molecule has 170 valence electrons. The van der Waals surface area contributed by atoms with E-state index in [2.05, 4.69) is 20.3 Å². The number of carbonyl (C=O) groups excluding carboxylic acids is 1. The number of hydrogen-bond acceptors (Lipinski definition) is 6. The van der Waals surface area contributed by atoms with Crippen molar-refractivity contribution in [3.05, 3.63) is 65.1 Å². The predicted octanol–water partition coefficient (Wildman–Crippen LogP) is 3.87. The molecule has 0 fully saturated rings. The largest absolute Gasteiger partial charge is 0.494 e. The van der Waals surface area contributed by atoms with E-state index in [-0.39, 0.29) is 39.0 Å². The summed E-state index contributed by atoms with van der Waals surface area (Å²) in [6, 6.07) is 4.25. The van der Waals surface area contributed by atoms with Gasteiger partial charge in [-0.05, 0) is 38.7 Å². The third-order valence-electron chi connectivity index (χ3n) is 5.25. The van der Waals surface area contributed by atoms with Crippen molar-refractivity contribution in [1.82, 2.24) is 20.2 Å². The standard InChI is InChI=1S/C24H23F2N5O2/c1-13-11-17(33-4)21(26)19(20(13)25)15-6-7-16(23-22(15)27-9-10-28-23)24(32)30-18-8-5-14(29-18)12-31(2)3/h5-7,9-11H,8,12H2,1-4H3,(H,29,30,32). The van der Waals surface area contributed by atoms with Crippen LogP contribution in [0.3, 0.4) is 0 Å². The molecule has 1 amide bonds. The quantitative estimate of drug-likeness (QED) is 0.637. The molecule has 0 atom stereocenters. The number of amides is 1. The number of amidine groups is 1. The van der Waals surface area contributed by atoms with Gasteiger partial charge in [-0.15, -0.1) is 0 Å². The number of rotatable bonds is 5. The predicted molar refractivity (Wildman–Crippen MR) is 122 cm³/mol. The van der Waals surface area contributed by atoms with E-state index in [1.54, 1.807) is 0 Å². The van der Waals surface area contributed by atoms with Gasteiger partial charge >= 0.3 is 0 Å². The maximum atomic E-state index is 15.1. The van der Waals surface area contributed by atoms with Gasteiger partial charge in [0.1, 0.15) is 17.2 Å². The number of fused-ring (bicyclic) bond motifs is 1. The summed E-state index contributed by atoms with van der Waals surface area (Å²) < 4.78 is 35.1. The molecule has 0 aliphatic carbocycles. The number of benzene rings is 2. The minimum Gasteiger partial charge on any atom is -0.494 e. The maximum Gasteiger partial charge on any atom is 0.258 e. The second-order valence-electron chi connectivity index (χ2n) is 7.96. The normalized spacial score (nSPS) is 13.3. The number of carbonyl (C=O) groups is 1. The fourth-order valence-corrected chi connectivity index (χ4v) is 3.75. The number of hydrogen-bond donors (Lipinski definition) is 1. The van der Waals surface area contributed by atoms with Crippen LogP contribution in [0.1, 0.15) is 22.3 Å². The summed E-state index contributed by atoms with van der Waals surface area (Å²) in [7, 11) is 5.19. The Morgan fingerprint density at radius 2 is 1.88 bits per heavy atom. The average molecular weight is 451 g/mol. The number of aliphatic imine (C=N–C) groups is 1. The number of ether oxygens (including phenoxy) is 1. The number of nitrogens with one attached hydrogen (secondary N) is 1. The van der Waals surface area contributed by atoms with Crippen molar-refractivity contribution in [2.45, 2.75) is 13.3 Å². The van der Waals surface area contributed by atoms with Crippen molar-refractivity contribution in [2.24, 2.45) is 4.99 Å². The maximum absolute atomic E-state index is 15.1. The number of methoxy groups -OCH3 is 1. The summed E-state index contributed by atoms with van der Waals surface area (Å²) in [4.78, 5) is 28.0. The van der Waals surface area contributed by atoms with E-state index in [9.17, 15) is 4.79 Å². The molecule has 1 aliphatic heterocycles. The Bertz CT molecular complexity index is 1320. The average Bonchev–Trinajstić information content (AvgIpc) is 3.22. The number of halogens is 2. The molecule has 0 unspecified atom stereocenters. The molecule has 0 saturated heterocycles. The van der Waals surface area contributed by atoms with E-state index >= 15 is 8.78 Å². The Morgan fingerprint density at radius 1 is 1.15 bits per heavy atom. The van der Waals surface area contributed by atoms with Gasteiger partial charge < -0.3 is 15.0 Å². The van der Waals surface area contributed by atoms with Crippen LogP contribution in [-0.2, 0) is 0 Å². The van der Waals surface area contributed by atoms with E-state index in [4.69, 9.17) is 4.74 Å². The second kappa shape index (κ2) is 9.03. The van der Waals surface area contributed by atoms with E-state index in [1.165, 1.54) is 44.6 Å². The number of aromatic nitrogens is 2. The monoisotopic (exact) mass is 451 g/mol. The van der Waals surface area contributed by atoms with Crippen molar-refractivity contribution >= 4 is 22.8 Å². The topological polar surface area (TPSA) is 79.7 Å². The summed E-state index contributed by atoms with van der Waals surface area (Å²) in [6.45, 7) is 2.19. The molecule has 1 aliphatic rings. The highest BCUT2D eigenvalue weighted by atomic mass is 19.1. The van der Waals surface area contributed by atoms with Crippen LogP contribution in [0.2, 0.25) is 0 Å². The summed E-state index contributed by atoms with van der Waals surface area (Å²) in [5.41, 5.74) is 1.66. The van der Waals surface area contributed by atoms with Crippen molar-refractivity contribution in [2.75, 3.05) is 27.7 Å². The van der Waals surface area contributed by atoms with E-state index in [1.807, 2.05) is 25.1 Å². The lowest BCUT2D eigenvalue weighted by atomic mass is 9.97. The number of aryl methyl sites for hydroxylation is 1. The van der Waals surface area contributed by atoms with Crippen LogP contribution >= 0.6 is 0 Å². The Hall–Kier alpha value is -3.72. The molecule has 4 rings (SSSR count). The molecule has 3 aromatic rings. The molecular formula is C24H23F2N5O2. The first-order valence-electron chi connectivity index (χ1n) is 10.3. The molecule has 0 saturated carbocycles. The van der Waals surface area contributed by atoms with Gasteiger partial charge in [-0.3, -0.25) is 14.8 Å². The van der Waals surface area contributed by atoms with Crippen molar-refractivity contribution in [1.29, 1.82) is 0 Å². The van der Waals surface area contributed by atoms with Gasteiger partial charge in [0.2, 0.25) is 0 Å². The van der Waals surface area contributed by atoms with Crippen LogP contribution in [0, 0.1) is 18.6 Å². The van der Waals surface area contributed by atoms with Crippen molar-refractivity contribution in [3.63, 3.8) is 0 Å². The minimum atomic E-state index is -0.843. The fraction of sp³-hybridized carbons (Fsp3) is 0.250. The first-order valence-corrected chi connectivity index (χ1v) is 10.3. The smallest absolute Gasteiger partial charge is 0.258 e. The lowest BCUT2D eigenvalue weighted by Crippen LogP contribution is -2.29. The Kier molecular flexibility index (Phi) is 6.15. The van der Waals surface area contributed by atoms with Crippen molar-refractivity contribution in [3.8, 4) is 16.9 Å². The van der Waals surface area contributed by atoms with E-state index in [0.29, 0.717) is 18.8 Å². The minimum absolute atomic E-state index is 0.0805. The Morgan fingerprint density at radius 3 is 2.58 bits per heavy atom. The molecule has 7 nitrogen and oxygen atoms in total. The fourth-order valence-electron chi connectivity index (χ4n) is 3.75. The lowest BCUT2D eigenvalue weighted by Gasteiger charge is -2.14. The molecule has 2 heterocycles.